The number of hydrogen-bond donors (Lipinski definition) is 2. The van der Waals surface area contributed by atoms with E-state index in [1.165, 1.54) is 19.4 Å². The smallest absolute Gasteiger partial charge is 0.220 e. The van der Waals surface area contributed by atoms with Crippen LogP contribution < -0.4 is 5.32 Å². The number of nitrogens with one attached hydrogen (secondary N) is 1. The van der Waals surface area contributed by atoms with Crippen molar-refractivity contribution in [2.75, 3.05) is 20.3 Å². The third-order valence-electron chi connectivity index (χ3n) is 3.15. The number of aliphatic hydroxyl groups is 1. The average Bonchev–Trinajstić information content (AvgIpc) is 3.00. The predicted molar refractivity (Wildman–Crippen MR) is 81.1 cm³/mol. The van der Waals surface area contributed by atoms with Gasteiger partial charge in [-0.1, -0.05) is 12.1 Å². The largest absolute Gasteiger partial charge is 0.441 e. The molecule has 0 aliphatic carbocycles. The van der Waals surface area contributed by atoms with Crippen LogP contribution in [0.25, 0.3) is 11.3 Å². The van der Waals surface area contributed by atoms with Crippen molar-refractivity contribution in [3.8, 4) is 11.3 Å². The molecular weight excluding hydrogens is 303 g/mol. The van der Waals surface area contributed by atoms with Crippen molar-refractivity contribution in [2.45, 2.75) is 18.9 Å². The normalized spacial score (nSPS) is 12.1. The van der Waals surface area contributed by atoms with Crippen LogP contribution in [0.2, 0.25) is 0 Å². The van der Waals surface area contributed by atoms with Crippen LogP contribution in [-0.4, -0.2) is 42.4 Å². The Morgan fingerprint density at radius 2 is 2.26 bits per heavy atom. The molecule has 0 saturated carbocycles. The summed E-state index contributed by atoms with van der Waals surface area (Å²) in [5.41, 5.74) is 0.332. The molecule has 1 unspecified atom stereocenters. The first kappa shape index (κ1) is 17.1. The number of oxazole rings is 1. The molecule has 2 N–H and O–H groups in total. The van der Waals surface area contributed by atoms with E-state index in [2.05, 4.69) is 10.3 Å². The predicted octanol–water partition coefficient (Wildman–Crippen LogP) is 1.54. The van der Waals surface area contributed by atoms with Crippen molar-refractivity contribution in [2.24, 2.45) is 0 Å². The van der Waals surface area contributed by atoms with Gasteiger partial charge in [0.1, 0.15) is 5.82 Å². The van der Waals surface area contributed by atoms with Gasteiger partial charge in [0.05, 0.1) is 24.5 Å². The van der Waals surface area contributed by atoms with Crippen molar-refractivity contribution in [1.29, 1.82) is 0 Å². The molecule has 1 heterocycles. The van der Waals surface area contributed by atoms with Crippen molar-refractivity contribution in [3.05, 3.63) is 42.2 Å². The highest BCUT2D eigenvalue weighted by Crippen LogP contribution is 2.23. The fourth-order valence-electron chi connectivity index (χ4n) is 2.00. The maximum Gasteiger partial charge on any atom is 0.220 e. The lowest BCUT2D eigenvalue weighted by Gasteiger charge is -2.10. The Morgan fingerprint density at radius 3 is 3.00 bits per heavy atom. The van der Waals surface area contributed by atoms with Crippen LogP contribution in [0.15, 0.2) is 34.9 Å². The average molecular weight is 322 g/mol. The standard InChI is InChI=1S/C16H19FN2O4/c1-22-10-11(20)8-18-15(21)6-7-16-19-9-14(23-16)12-4-2-3-5-13(12)17/h2-5,9,11,20H,6-8,10H2,1H3,(H,18,21). The van der Waals surface area contributed by atoms with Gasteiger partial charge < -0.3 is 19.6 Å². The van der Waals surface area contributed by atoms with E-state index in [0.717, 1.165) is 0 Å². The number of carbonyl (C=O) groups excluding carboxylic acids is 1. The van der Waals surface area contributed by atoms with E-state index in [-0.39, 0.29) is 31.3 Å². The Morgan fingerprint density at radius 1 is 1.48 bits per heavy atom. The van der Waals surface area contributed by atoms with E-state index in [1.54, 1.807) is 18.2 Å². The SMILES string of the molecule is COCC(O)CNC(=O)CCc1ncc(-c2ccccc2F)o1. The lowest BCUT2D eigenvalue weighted by Crippen LogP contribution is -2.34. The highest BCUT2D eigenvalue weighted by molar-refractivity contribution is 5.76. The van der Waals surface area contributed by atoms with Gasteiger partial charge in [-0.2, -0.15) is 0 Å². The first-order valence-corrected chi connectivity index (χ1v) is 7.23. The van der Waals surface area contributed by atoms with Crippen LogP contribution in [0.1, 0.15) is 12.3 Å². The Balaban J connectivity index is 1.83. The molecule has 1 aromatic heterocycles. The van der Waals surface area contributed by atoms with E-state index < -0.39 is 6.10 Å². The number of rotatable bonds is 8. The molecule has 0 bridgehead atoms. The first-order chi connectivity index (χ1) is 11.1. The van der Waals surface area contributed by atoms with Crippen molar-refractivity contribution < 1.29 is 23.4 Å². The van der Waals surface area contributed by atoms with Crippen LogP contribution in [0.5, 0.6) is 0 Å². The molecule has 0 aliphatic heterocycles. The summed E-state index contributed by atoms with van der Waals surface area (Å²) in [6, 6.07) is 6.25. The third-order valence-corrected chi connectivity index (χ3v) is 3.15. The van der Waals surface area contributed by atoms with Gasteiger partial charge in [0.2, 0.25) is 5.91 Å². The Hall–Kier alpha value is -2.25. The lowest BCUT2D eigenvalue weighted by atomic mass is 10.2. The van der Waals surface area contributed by atoms with E-state index in [1.807, 2.05) is 0 Å². The van der Waals surface area contributed by atoms with E-state index in [9.17, 15) is 14.3 Å². The Kier molecular flexibility index (Phi) is 6.25. The molecule has 1 atom stereocenters. The summed E-state index contributed by atoms with van der Waals surface area (Å²) in [6.07, 6.45) is 1.16. The molecule has 2 rings (SSSR count). The zero-order valence-electron chi connectivity index (χ0n) is 12.8. The highest BCUT2D eigenvalue weighted by atomic mass is 19.1. The maximum atomic E-state index is 13.7. The Bertz CT molecular complexity index is 645. The lowest BCUT2D eigenvalue weighted by molar-refractivity contribution is -0.121. The number of aliphatic hydroxyl groups excluding tert-OH is 1. The second-order valence-corrected chi connectivity index (χ2v) is 5.01. The molecule has 0 fully saturated rings. The molecular formula is C16H19FN2O4. The summed E-state index contributed by atoms with van der Waals surface area (Å²) < 4.78 is 23.9. The minimum atomic E-state index is -0.738. The summed E-state index contributed by atoms with van der Waals surface area (Å²) in [6.45, 7) is 0.282. The number of hydrogen-bond acceptors (Lipinski definition) is 5. The van der Waals surface area contributed by atoms with Crippen LogP contribution in [0.3, 0.4) is 0 Å². The van der Waals surface area contributed by atoms with Crippen LogP contribution >= 0.6 is 0 Å². The number of aromatic nitrogens is 1. The summed E-state index contributed by atoms with van der Waals surface area (Å²) in [5.74, 6) is 0.0655. The summed E-state index contributed by atoms with van der Waals surface area (Å²) >= 11 is 0. The zero-order chi connectivity index (χ0) is 16.7. The van der Waals surface area contributed by atoms with Gasteiger partial charge in [-0.05, 0) is 12.1 Å². The van der Waals surface area contributed by atoms with Crippen molar-refractivity contribution in [1.82, 2.24) is 10.3 Å². The molecule has 0 radical (unpaired) electrons. The van der Waals surface area contributed by atoms with Crippen LogP contribution in [0.4, 0.5) is 4.39 Å². The number of benzene rings is 1. The summed E-state index contributed by atoms with van der Waals surface area (Å²) in [4.78, 5) is 15.7. The minimum Gasteiger partial charge on any atom is -0.441 e. The summed E-state index contributed by atoms with van der Waals surface area (Å²) in [5, 5.41) is 12.0. The maximum absolute atomic E-state index is 13.7. The zero-order valence-corrected chi connectivity index (χ0v) is 12.8. The molecule has 1 amide bonds. The second-order valence-electron chi connectivity index (χ2n) is 5.01. The van der Waals surface area contributed by atoms with Gasteiger partial charge in [-0.15, -0.1) is 0 Å². The van der Waals surface area contributed by atoms with E-state index in [0.29, 0.717) is 23.6 Å². The minimum absolute atomic E-state index is 0.124. The Labute approximate surface area is 133 Å². The van der Waals surface area contributed by atoms with E-state index >= 15 is 0 Å². The highest BCUT2D eigenvalue weighted by Gasteiger charge is 2.12. The topological polar surface area (TPSA) is 84.6 Å². The summed E-state index contributed by atoms with van der Waals surface area (Å²) in [7, 11) is 1.47. The van der Waals surface area contributed by atoms with Gasteiger partial charge in [0, 0.05) is 26.5 Å². The number of ether oxygens (including phenoxy) is 1. The number of nitrogens with zero attached hydrogens (tertiary/aromatic N) is 1. The first-order valence-electron chi connectivity index (χ1n) is 7.23. The number of carbonyl (C=O) groups is 1. The molecule has 6 nitrogen and oxygen atoms in total. The molecule has 1 aromatic carbocycles. The van der Waals surface area contributed by atoms with Crippen LogP contribution in [-0.2, 0) is 16.0 Å². The van der Waals surface area contributed by atoms with Crippen molar-refractivity contribution >= 4 is 5.91 Å². The van der Waals surface area contributed by atoms with Gasteiger partial charge in [0.15, 0.2) is 11.7 Å². The van der Waals surface area contributed by atoms with Gasteiger partial charge in [-0.25, -0.2) is 9.37 Å². The third kappa shape index (κ3) is 5.15. The van der Waals surface area contributed by atoms with E-state index in [4.69, 9.17) is 9.15 Å². The number of aryl methyl sites for hydroxylation is 1. The van der Waals surface area contributed by atoms with Crippen LogP contribution in [0, 0.1) is 5.82 Å². The monoisotopic (exact) mass is 322 g/mol. The molecule has 0 spiro atoms. The number of amides is 1. The quantitative estimate of drug-likeness (QED) is 0.770. The molecule has 0 aliphatic rings. The van der Waals surface area contributed by atoms with Gasteiger partial charge in [-0.3, -0.25) is 4.79 Å². The fourth-order valence-corrected chi connectivity index (χ4v) is 2.00. The second kappa shape index (κ2) is 8.40. The number of methoxy groups -OCH3 is 1. The fraction of sp³-hybridized carbons (Fsp3) is 0.375. The molecule has 0 saturated heterocycles. The molecule has 23 heavy (non-hydrogen) atoms. The molecule has 2 aromatic rings. The van der Waals surface area contributed by atoms with Gasteiger partial charge >= 0.3 is 0 Å². The number of halogens is 1. The van der Waals surface area contributed by atoms with Crippen molar-refractivity contribution in [3.63, 3.8) is 0 Å². The molecule has 7 heteroatoms. The molecule has 124 valence electrons. The van der Waals surface area contributed by atoms with Gasteiger partial charge in [0.25, 0.3) is 0 Å².